The van der Waals surface area contributed by atoms with Crippen molar-refractivity contribution in [2.24, 2.45) is 0 Å². The summed E-state index contributed by atoms with van der Waals surface area (Å²) >= 11 is 0. The lowest BCUT2D eigenvalue weighted by molar-refractivity contribution is 0.211. The molecule has 0 saturated carbocycles. The zero-order valence-electron chi connectivity index (χ0n) is 13.1. The summed E-state index contributed by atoms with van der Waals surface area (Å²) in [6.45, 7) is 0.720. The van der Waals surface area contributed by atoms with E-state index in [1.807, 2.05) is 0 Å². The number of aryl methyl sites for hydroxylation is 1. The summed E-state index contributed by atoms with van der Waals surface area (Å²) in [5.41, 5.74) is 3.71. The molecular weight excluding hydrogens is 276 g/mol. The maximum Gasteiger partial charge on any atom is 0.223 e. The molecule has 1 heterocycles. The van der Waals surface area contributed by atoms with Crippen LogP contribution in [-0.4, -0.2) is 24.0 Å². The highest BCUT2D eigenvalue weighted by atomic mass is 16.5. The average molecular weight is 298 g/mol. The Kier molecular flexibility index (Phi) is 4.29. The maximum absolute atomic E-state index is 11.9. The summed E-state index contributed by atoms with van der Waals surface area (Å²) in [5.74, 6) is 0.356. The molecule has 3 rings (SSSR count). The number of aromatic amines is 1. The van der Waals surface area contributed by atoms with Crippen LogP contribution in [0.1, 0.15) is 35.7 Å². The molecule has 116 valence electrons. The second kappa shape index (κ2) is 6.36. The van der Waals surface area contributed by atoms with Crippen molar-refractivity contribution in [1.82, 2.24) is 9.88 Å². The van der Waals surface area contributed by atoms with Gasteiger partial charge in [-0.25, -0.2) is 0 Å². The first-order valence-corrected chi connectivity index (χ1v) is 7.72. The van der Waals surface area contributed by atoms with Crippen LogP contribution in [-0.2, 0) is 13.0 Å². The van der Waals surface area contributed by atoms with E-state index in [0.717, 1.165) is 18.7 Å². The molecule has 22 heavy (non-hydrogen) atoms. The van der Waals surface area contributed by atoms with Gasteiger partial charge in [-0.1, -0.05) is 24.3 Å². The molecule has 1 aromatic carbocycles. The number of pyridine rings is 1. The van der Waals surface area contributed by atoms with Gasteiger partial charge in [0.1, 0.15) is 0 Å². The van der Waals surface area contributed by atoms with Gasteiger partial charge in [0.25, 0.3) is 0 Å². The van der Waals surface area contributed by atoms with Crippen molar-refractivity contribution in [3.8, 4) is 5.75 Å². The summed E-state index contributed by atoms with van der Waals surface area (Å²) in [6, 6.07) is 10.7. The molecule has 4 nitrogen and oxygen atoms in total. The van der Waals surface area contributed by atoms with Crippen LogP contribution in [0.2, 0.25) is 0 Å². The van der Waals surface area contributed by atoms with E-state index in [2.05, 4.69) is 41.2 Å². The van der Waals surface area contributed by atoms with Gasteiger partial charge in [0.05, 0.1) is 7.11 Å². The Balaban J connectivity index is 1.79. The van der Waals surface area contributed by atoms with E-state index >= 15 is 0 Å². The number of nitrogens with one attached hydrogen (secondary N) is 1. The van der Waals surface area contributed by atoms with Crippen LogP contribution < -0.4 is 10.2 Å². The highest BCUT2D eigenvalue weighted by molar-refractivity contribution is 5.32. The number of hydrogen-bond acceptors (Lipinski definition) is 3. The van der Waals surface area contributed by atoms with Crippen LogP contribution >= 0.6 is 0 Å². The average Bonchev–Trinajstić information content (AvgIpc) is 2.54. The lowest BCUT2D eigenvalue weighted by atomic mass is 9.87. The summed E-state index contributed by atoms with van der Waals surface area (Å²) in [6.07, 6.45) is 5.18. The highest BCUT2D eigenvalue weighted by Crippen LogP contribution is 2.33. The molecule has 0 aliphatic heterocycles. The number of benzene rings is 1. The van der Waals surface area contributed by atoms with E-state index < -0.39 is 0 Å². The monoisotopic (exact) mass is 298 g/mol. The molecule has 0 unspecified atom stereocenters. The minimum atomic E-state index is -0.0753. The van der Waals surface area contributed by atoms with Gasteiger partial charge in [-0.15, -0.1) is 0 Å². The minimum Gasteiger partial charge on any atom is -0.491 e. The van der Waals surface area contributed by atoms with Crippen LogP contribution in [0.15, 0.2) is 41.3 Å². The largest absolute Gasteiger partial charge is 0.491 e. The zero-order chi connectivity index (χ0) is 15.5. The van der Waals surface area contributed by atoms with Crippen LogP contribution in [0.5, 0.6) is 5.75 Å². The van der Waals surface area contributed by atoms with E-state index in [9.17, 15) is 4.79 Å². The fraction of sp³-hybridized carbons (Fsp3) is 0.389. The summed E-state index contributed by atoms with van der Waals surface area (Å²) in [5, 5.41) is 0. The first kappa shape index (κ1) is 14.9. The second-order valence-corrected chi connectivity index (χ2v) is 5.91. The topological polar surface area (TPSA) is 45.3 Å². The minimum absolute atomic E-state index is 0.0753. The molecule has 0 saturated heterocycles. The molecule has 1 N–H and O–H groups in total. The van der Waals surface area contributed by atoms with E-state index in [0.29, 0.717) is 11.8 Å². The number of nitrogens with zero attached hydrogens (tertiary/aromatic N) is 1. The van der Waals surface area contributed by atoms with E-state index in [1.54, 1.807) is 12.3 Å². The fourth-order valence-electron chi connectivity index (χ4n) is 3.32. The van der Waals surface area contributed by atoms with E-state index in [-0.39, 0.29) is 5.43 Å². The Labute approximate surface area is 130 Å². The Morgan fingerprint density at radius 1 is 1.36 bits per heavy atom. The Hall–Kier alpha value is -2.07. The number of ether oxygens (including phenoxy) is 1. The van der Waals surface area contributed by atoms with Gasteiger partial charge >= 0.3 is 0 Å². The summed E-state index contributed by atoms with van der Waals surface area (Å²) < 4.78 is 5.01. The third kappa shape index (κ3) is 2.92. The molecule has 1 atom stereocenters. The molecule has 4 heteroatoms. The number of methoxy groups -OCH3 is 1. The molecule has 1 aliphatic rings. The lowest BCUT2D eigenvalue weighted by Gasteiger charge is -2.33. The molecule has 1 aromatic heterocycles. The first-order chi connectivity index (χ1) is 10.7. The predicted molar refractivity (Wildman–Crippen MR) is 87.2 cm³/mol. The first-order valence-electron chi connectivity index (χ1n) is 7.72. The van der Waals surface area contributed by atoms with Crippen LogP contribution in [0.3, 0.4) is 0 Å². The van der Waals surface area contributed by atoms with Crippen LogP contribution in [0, 0.1) is 0 Å². The lowest BCUT2D eigenvalue weighted by Crippen LogP contribution is -2.28. The SMILES string of the molecule is COc1c[nH]c(CN(C)[C@@H]2CCCc3ccccc32)cc1=O. The second-order valence-electron chi connectivity index (χ2n) is 5.91. The van der Waals surface area contributed by atoms with Crippen LogP contribution in [0.25, 0.3) is 0 Å². The quantitative estimate of drug-likeness (QED) is 0.944. The predicted octanol–water partition coefficient (Wildman–Crippen LogP) is 2.89. The third-order valence-corrected chi connectivity index (χ3v) is 4.45. The van der Waals surface area contributed by atoms with Crippen molar-refractivity contribution in [2.75, 3.05) is 14.2 Å². The maximum atomic E-state index is 11.9. The van der Waals surface area contributed by atoms with Gasteiger partial charge in [0.2, 0.25) is 5.43 Å². The number of fused-ring (bicyclic) bond motifs is 1. The van der Waals surface area contributed by atoms with Crippen molar-refractivity contribution in [3.63, 3.8) is 0 Å². The van der Waals surface area contributed by atoms with Crippen molar-refractivity contribution < 1.29 is 4.74 Å². The molecular formula is C18H22N2O2. The summed E-state index contributed by atoms with van der Waals surface area (Å²) in [7, 11) is 3.63. The standard InChI is InChI=1S/C18H22N2O2/c1-20(12-14-10-17(21)18(22-2)11-19-14)16-9-5-7-13-6-3-4-8-15(13)16/h3-4,6,8,10-11,16H,5,7,9,12H2,1-2H3,(H,19,21)/t16-/m1/s1. The smallest absolute Gasteiger partial charge is 0.223 e. The van der Waals surface area contributed by atoms with Gasteiger partial charge < -0.3 is 9.72 Å². The van der Waals surface area contributed by atoms with Crippen molar-refractivity contribution in [1.29, 1.82) is 0 Å². The number of rotatable bonds is 4. The van der Waals surface area contributed by atoms with Crippen molar-refractivity contribution in [2.45, 2.75) is 31.8 Å². The van der Waals surface area contributed by atoms with Crippen molar-refractivity contribution >= 4 is 0 Å². The van der Waals surface area contributed by atoms with E-state index in [1.165, 1.54) is 31.1 Å². The molecule has 0 spiro atoms. The number of aromatic nitrogens is 1. The van der Waals surface area contributed by atoms with Gasteiger partial charge in [0.15, 0.2) is 5.75 Å². The Morgan fingerprint density at radius 3 is 2.95 bits per heavy atom. The number of hydrogen-bond donors (Lipinski definition) is 1. The Morgan fingerprint density at radius 2 is 2.18 bits per heavy atom. The number of H-pyrrole nitrogens is 1. The van der Waals surface area contributed by atoms with Crippen LogP contribution in [0.4, 0.5) is 0 Å². The highest BCUT2D eigenvalue weighted by Gasteiger charge is 2.23. The molecule has 0 bridgehead atoms. The van der Waals surface area contributed by atoms with Crippen molar-refractivity contribution in [3.05, 3.63) is 63.6 Å². The van der Waals surface area contributed by atoms with Gasteiger partial charge in [0, 0.05) is 30.5 Å². The van der Waals surface area contributed by atoms with Gasteiger partial charge in [-0.05, 0) is 37.4 Å². The fourth-order valence-corrected chi connectivity index (χ4v) is 3.32. The Bertz CT molecular complexity index is 708. The van der Waals surface area contributed by atoms with E-state index in [4.69, 9.17) is 4.74 Å². The zero-order valence-corrected chi connectivity index (χ0v) is 13.1. The third-order valence-electron chi connectivity index (χ3n) is 4.45. The van der Waals surface area contributed by atoms with Gasteiger partial charge in [-0.3, -0.25) is 9.69 Å². The molecule has 0 amide bonds. The molecule has 0 fully saturated rings. The normalized spacial score (nSPS) is 17.3. The van der Waals surface area contributed by atoms with Gasteiger partial charge in [-0.2, -0.15) is 0 Å². The summed E-state index contributed by atoms with van der Waals surface area (Å²) in [4.78, 5) is 17.3. The molecule has 0 radical (unpaired) electrons. The molecule has 2 aromatic rings. The molecule has 1 aliphatic carbocycles.